The quantitative estimate of drug-likeness (QED) is 0.534. The van der Waals surface area contributed by atoms with Gasteiger partial charge in [0.05, 0.1) is 16.1 Å². The molecule has 0 unspecified atom stereocenters. The molecule has 0 aliphatic rings. The molecule has 22 heavy (non-hydrogen) atoms. The molecule has 1 heterocycles. The van der Waals surface area contributed by atoms with Crippen molar-refractivity contribution in [2.24, 2.45) is 0 Å². The normalized spacial score (nSPS) is 11.1. The molecule has 1 aromatic carbocycles. The van der Waals surface area contributed by atoms with Crippen LogP contribution >= 0.6 is 0 Å². The highest BCUT2D eigenvalue weighted by molar-refractivity contribution is 7.89. The molecule has 1 amide bonds. The van der Waals surface area contributed by atoms with Crippen molar-refractivity contribution in [1.29, 1.82) is 0 Å². The van der Waals surface area contributed by atoms with Gasteiger partial charge < -0.3 is 9.52 Å². The predicted molar refractivity (Wildman–Crippen MR) is 71.3 cm³/mol. The van der Waals surface area contributed by atoms with Crippen molar-refractivity contribution in [3.8, 4) is 5.75 Å². The van der Waals surface area contributed by atoms with E-state index in [0.717, 1.165) is 12.1 Å². The molecule has 0 saturated heterocycles. The zero-order chi connectivity index (χ0) is 16.3. The summed E-state index contributed by atoms with van der Waals surface area (Å²) in [5, 5.41) is 19.9. The zero-order valence-corrected chi connectivity index (χ0v) is 11.5. The predicted octanol–water partition coefficient (Wildman–Crippen LogP) is 0.517. The Hall–Kier alpha value is -2.92. The van der Waals surface area contributed by atoms with Crippen LogP contribution in [0, 0.1) is 10.1 Å². The van der Waals surface area contributed by atoms with Crippen molar-refractivity contribution in [2.75, 3.05) is 0 Å². The number of sulfonamides is 1. The van der Waals surface area contributed by atoms with Crippen LogP contribution < -0.4 is 10.3 Å². The molecule has 0 spiro atoms. The number of aromatic hydroxyl groups is 1. The van der Waals surface area contributed by atoms with Gasteiger partial charge >= 0.3 is 11.6 Å². The number of carbonyl (C=O) groups is 1. The topological polar surface area (TPSA) is 152 Å². The van der Waals surface area contributed by atoms with Crippen LogP contribution in [0.15, 0.2) is 45.9 Å². The fourth-order valence-corrected chi connectivity index (χ4v) is 2.32. The molecule has 0 aliphatic carbocycles. The smallest absolute Gasteiger partial charge is 0.312 e. The Morgan fingerprint density at radius 2 is 2.05 bits per heavy atom. The number of hydrogen-bond donors (Lipinski definition) is 3. The third-order valence-corrected chi connectivity index (χ3v) is 3.74. The Kier molecular flexibility index (Phi) is 4.10. The lowest BCUT2D eigenvalue weighted by Crippen LogP contribution is -2.41. The van der Waals surface area contributed by atoms with Crippen LogP contribution in [0.4, 0.5) is 5.69 Å². The number of carbonyl (C=O) groups excluding carboxylic acids is 1. The first-order chi connectivity index (χ1) is 10.3. The van der Waals surface area contributed by atoms with E-state index in [1.165, 1.54) is 18.4 Å². The molecular weight excluding hydrogens is 318 g/mol. The molecule has 0 bridgehead atoms. The van der Waals surface area contributed by atoms with E-state index >= 15 is 0 Å². The van der Waals surface area contributed by atoms with Crippen molar-refractivity contribution >= 4 is 21.6 Å². The number of benzene rings is 1. The maximum Gasteiger partial charge on any atom is 0.312 e. The standard InChI is InChI=1S/C11H9N3O7S/c15-9-4-3-7(6-8(9)14(17)18)22(19,20)13-12-11(16)10-2-1-5-21-10/h1-6,13,15H,(H,12,16). The maximum atomic E-state index is 11.9. The molecule has 0 aliphatic heterocycles. The average Bonchev–Trinajstić information content (AvgIpc) is 2.99. The largest absolute Gasteiger partial charge is 0.502 e. The summed E-state index contributed by atoms with van der Waals surface area (Å²) in [4.78, 5) is 22.5. The highest BCUT2D eigenvalue weighted by Gasteiger charge is 2.22. The van der Waals surface area contributed by atoms with Crippen LogP contribution in [0.3, 0.4) is 0 Å². The minimum absolute atomic E-state index is 0.126. The van der Waals surface area contributed by atoms with E-state index in [0.29, 0.717) is 6.07 Å². The first kappa shape index (κ1) is 15.5. The van der Waals surface area contributed by atoms with Crippen LogP contribution in [0.1, 0.15) is 10.6 Å². The number of nitro benzene ring substituents is 1. The Bertz CT molecular complexity index is 814. The molecule has 0 fully saturated rings. The van der Waals surface area contributed by atoms with Crippen LogP contribution in [0.5, 0.6) is 5.75 Å². The Balaban J connectivity index is 2.19. The van der Waals surface area contributed by atoms with Gasteiger partial charge in [-0.25, -0.2) is 8.42 Å². The fourth-order valence-electron chi connectivity index (χ4n) is 1.46. The third kappa shape index (κ3) is 3.21. The summed E-state index contributed by atoms with van der Waals surface area (Å²) in [7, 11) is -4.26. The summed E-state index contributed by atoms with van der Waals surface area (Å²) < 4.78 is 28.6. The highest BCUT2D eigenvalue weighted by Crippen LogP contribution is 2.27. The fraction of sp³-hybridized carbons (Fsp3) is 0. The summed E-state index contributed by atoms with van der Waals surface area (Å²) in [6.45, 7) is 0. The van der Waals surface area contributed by atoms with Gasteiger partial charge in [-0.2, -0.15) is 0 Å². The monoisotopic (exact) mass is 327 g/mol. The van der Waals surface area contributed by atoms with Gasteiger partial charge in [-0.05, 0) is 24.3 Å². The Morgan fingerprint density at radius 1 is 1.32 bits per heavy atom. The molecule has 11 heteroatoms. The molecule has 3 N–H and O–H groups in total. The SMILES string of the molecule is O=C(NNS(=O)(=O)c1ccc(O)c([N+](=O)[O-])c1)c1ccco1. The lowest BCUT2D eigenvalue weighted by molar-refractivity contribution is -0.386. The van der Waals surface area contributed by atoms with Gasteiger partial charge in [0.1, 0.15) is 0 Å². The zero-order valence-electron chi connectivity index (χ0n) is 10.7. The second kappa shape index (κ2) is 5.83. The van der Waals surface area contributed by atoms with Crippen LogP contribution in [0.25, 0.3) is 0 Å². The van der Waals surface area contributed by atoms with E-state index in [1.54, 1.807) is 4.83 Å². The number of furan rings is 1. The molecule has 10 nitrogen and oxygen atoms in total. The number of phenols is 1. The van der Waals surface area contributed by atoms with Crippen molar-refractivity contribution in [2.45, 2.75) is 4.90 Å². The van der Waals surface area contributed by atoms with E-state index in [4.69, 9.17) is 4.42 Å². The number of amides is 1. The van der Waals surface area contributed by atoms with E-state index < -0.39 is 37.2 Å². The van der Waals surface area contributed by atoms with Crippen molar-refractivity contribution in [3.63, 3.8) is 0 Å². The van der Waals surface area contributed by atoms with Crippen molar-refractivity contribution < 1.29 is 27.7 Å². The average molecular weight is 327 g/mol. The van der Waals surface area contributed by atoms with Gasteiger partial charge in [0.2, 0.25) is 0 Å². The summed E-state index contributed by atoms with van der Waals surface area (Å²) in [6, 6.07) is 5.23. The van der Waals surface area contributed by atoms with E-state index in [-0.39, 0.29) is 5.76 Å². The maximum absolute atomic E-state index is 11.9. The molecule has 2 rings (SSSR count). The van der Waals surface area contributed by atoms with E-state index in [1.807, 2.05) is 5.43 Å². The van der Waals surface area contributed by atoms with Gasteiger partial charge in [0, 0.05) is 6.07 Å². The van der Waals surface area contributed by atoms with E-state index in [9.17, 15) is 28.4 Å². The summed E-state index contributed by atoms with van der Waals surface area (Å²) in [5.74, 6) is -1.65. The lowest BCUT2D eigenvalue weighted by Gasteiger charge is -2.07. The molecule has 0 radical (unpaired) electrons. The van der Waals surface area contributed by atoms with Gasteiger partial charge in [-0.1, -0.05) is 0 Å². The minimum atomic E-state index is -4.26. The Labute approximate surface area is 123 Å². The first-order valence-corrected chi connectivity index (χ1v) is 7.12. The third-order valence-electron chi connectivity index (χ3n) is 2.50. The number of phenolic OH excluding ortho intramolecular Hbond substituents is 1. The van der Waals surface area contributed by atoms with Crippen molar-refractivity contribution in [1.82, 2.24) is 10.3 Å². The number of hydrogen-bond acceptors (Lipinski definition) is 7. The highest BCUT2D eigenvalue weighted by atomic mass is 32.2. The second-order valence-corrected chi connectivity index (χ2v) is 5.63. The molecule has 0 saturated carbocycles. The molecule has 0 atom stereocenters. The molecule has 116 valence electrons. The van der Waals surface area contributed by atoms with Crippen LogP contribution in [0.2, 0.25) is 0 Å². The number of nitro groups is 1. The summed E-state index contributed by atoms with van der Waals surface area (Å²) in [5.41, 5.74) is 1.11. The Morgan fingerprint density at radius 3 is 2.64 bits per heavy atom. The lowest BCUT2D eigenvalue weighted by atomic mass is 10.3. The number of nitrogens with zero attached hydrogens (tertiary/aromatic N) is 1. The minimum Gasteiger partial charge on any atom is -0.502 e. The van der Waals surface area contributed by atoms with Crippen LogP contribution in [-0.4, -0.2) is 24.4 Å². The van der Waals surface area contributed by atoms with Crippen LogP contribution in [-0.2, 0) is 10.0 Å². The number of rotatable bonds is 5. The van der Waals surface area contributed by atoms with Gasteiger partial charge in [0.15, 0.2) is 11.5 Å². The number of hydrazine groups is 1. The molecule has 1 aromatic heterocycles. The molecule has 2 aromatic rings. The van der Waals surface area contributed by atoms with Gasteiger partial charge in [-0.3, -0.25) is 20.3 Å². The molecular formula is C11H9N3O7S. The second-order valence-electron chi connectivity index (χ2n) is 3.94. The first-order valence-electron chi connectivity index (χ1n) is 5.64. The van der Waals surface area contributed by atoms with Crippen molar-refractivity contribution in [3.05, 3.63) is 52.5 Å². The van der Waals surface area contributed by atoms with E-state index in [2.05, 4.69) is 0 Å². The van der Waals surface area contributed by atoms with Gasteiger partial charge in [0.25, 0.3) is 10.0 Å². The summed E-state index contributed by atoms with van der Waals surface area (Å²) >= 11 is 0. The van der Waals surface area contributed by atoms with Gasteiger partial charge in [-0.15, -0.1) is 4.83 Å². The summed E-state index contributed by atoms with van der Waals surface area (Å²) in [6.07, 6.45) is 1.23. The number of nitrogens with one attached hydrogen (secondary N) is 2.